The Balaban J connectivity index is 2.04. The monoisotopic (exact) mass is 290 g/mol. The molecule has 3 N–H and O–H groups in total. The smallest absolute Gasteiger partial charge is 0.127 e. The average molecular weight is 291 g/mol. The number of nitrogens with one attached hydrogen (secondary N) is 1. The molecule has 100 valence electrons. The first-order valence-electron chi connectivity index (χ1n) is 5.80. The summed E-state index contributed by atoms with van der Waals surface area (Å²) in [5.41, 5.74) is 3.32. The summed E-state index contributed by atoms with van der Waals surface area (Å²) in [4.78, 5) is 0. The molecule has 2 atom stereocenters. The number of nitrogens with two attached hydrogens (primary N) is 1. The van der Waals surface area contributed by atoms with Crippen LogP contribution in [-0.2, 0) is 11.2 Å². The molecule has 0 aromatic heterocycles. The zero-order valence-electron chi connectivity index (χ0n) is 9.86. The Hall–Kier alpha value is -0.330. The molecule has 1 aliphatic rings. The molecule has 2 unspecified atom stereocenters. The molecule has 1 saturated heterocycles. The fraction of sp³-hybridized carbons (Fsp3) is 0.500. The van der Waals surface area contributed by atoms with E-state index in [1.165, 1.54) is 6.07 Å². The number of rotatable bonds is 4. The van der Waals surface area contributed by atoms with E-state index in [-0.39, 0.29) is 18.0 Å². The van der Waals surface area contributed by atoms with Gasteiger partial charge in [-0.15, -0.1) is 0 Å². The van der Waals surface area contributed by atoms with Crippen molar-refractivity contribution in [2.75, 3.05) is 18.1 Å². The second-order valence-electron chi connectivity index (χ2n) is 4.20. The van der Waals surface area contributed by atoms with Crippen molar-refractivity contribution < 1.29 is 9.13 Å². The van der Waals surface area contributed by atoms with E-state index in [2.05, 4.69) is 5.43 Å². The summed E-state index contributed by atoms with van der Waals surface area (Å²) in [5, 5.41) is 0.401. The molecular weight excluding hydrogens is 275 g/mol. The molecule has 1 aromatic rings. The molecule has 1 fully saturated rings. The highest BCUT2D eigenvalue weighted by Gasteiger charge is 2.25. The molecule has 0 aliphatic carbocycles. The van der Waals surface area contributed by atoms with Crippen LogP contribution >= 0.6 is 23.4 Å². The molecule has 1 heterocycles. The van der Waals surface area contributed by atoms with E-state index in [0.29, 0.717) is 17.0 Å². The zero-order chi connectivity index (χ0) is 13.0. The van der Waals surface area contributed by atoms with Crippen LogP contribution in [0.1, 0.15) is 5.56 Å². The lowest BCUT2D eigenvalue weighted by molar-refractivity contribution is 0.0470. The molecule has 0 radical (unpaired) electrons. The zero-order valence-corrected chi connectivity index (χ0v) is 11.4. The Kier molecular flexibility index (Phi) is 5.26. The van der Waals surface area contributed by atoms with Gasteiger partial charge >= 0.3 is 0 Å². The minimum absolute atomic E-state index is 0.0174. The maximum absolute atomic E-state index is 13.7. The van der Waals surface area contributed by atoms with Crippen LogP contribution in [0.5, 0.6) is 0 Å². The minimum Gasteiger partial charge on any atom is -0.375 e. The molecule has 0 saturated carbocycles. The SMILES string of the molecule is NNC(Cc1ccc(Cl)cc1F)C1CSCCO1. The van der Waals surface area contributed by atoms with Gasteiger partial charge in [-0.3, -0.25) is 11.3 Å². The number of hydrogen-bond donors (Lipinski definition) is 2. The van der Waals surface area contributed by atoms with Crippen molar-refractivity contribution in [2.45, 2.75) is 18.6 Å². The van der Waals surface area contributed by atoms with Crippen molar-refractivity contribution in [3.8, 4) is 0 Å². The number of hydrogen-bond acceptors (Lipinski definition) is 4. The predicted octanol–water partition coefficient (Wildman–Crippen LogP) is 1.99. The van der Waals surface area contributed by atoms with Gasteiger partial charge in [-0.05, 0) is 24.1 Å². The molecule has 1 aromatic carbocycles. The lowest BCUT2D eigenvalue weighted by atomic mass is 10.0. The van der Waals surface area contributed by atoms with Crippen LogP contribution in [0.3, 0.4) is 0 Å². The van der Waals surface area contributed by atoms with Crippen LogP contribution in [0.4, 0.5) is 4.39 Å². The number of halogens is 2. The van der Waals surface area contributed by atoms with Gasteiger partial charge in [0.2, 0.25) is 0 Å². The Morgan fingerprint density at radius 1 is 1.61 bits per heavy atom. The first-order valence-corrected chi connectivity index (χ1v) is 7.33. The van der Waals surface area contributed by atoms with Gasteiger partial charge in [-0.2, -0.15) is 11.8 Å². The third kappa shape index (κ3) is 3.59. The summed E-state index contributed by atoms with van der Waals surface area (Å²) in [5.74, 6) is 7.13. The third-order valence-corrected chi connectivity index (χ3v) is 4.21. The second kappa shape index (κ2) is 6.73. The fourth-order valence-electron chi connectivity index (χ4n) is 1.96. The quantitative estimate of drug-likeness (QED) is 0.658. The molecular formula is C12H16ClFN2OS. The first-order chi connectivity index (χ1) is 8.70. The number of ether oxygens (including phenoxy) is 1. The standard InChI is InChI=1S/C12H16ClFN2OS/c13-9-2-1-8(10(14)6-9)5-11(16-15)12-7-18-4-3-17-12/h1-2,6,11-12,16H,3-5,7,15H2. The van der Waals surface area contributed by atoms with E-state index in [0.717, 1.165) is 18.1 Å². The fourth-order valence-corrected chi connectivity index (χ4v) is 3.06. The van der Waals surface area contributed by atoms with Crippen LogP contribution in [0.2, 0.25) is 5.02 Å². The lowest BCUT2D eigenvalue weighted by Gasteiger charge is -2.29. The molecule has 1 aliphatic heterocycles. The topological polar surface area (TPSA) is 47.3 Å². The number of hydrazine groups is 1. The maximum atomic E-state index is 13.7. The van der Waals surface area contributed by atoms with Gasteiger partial charge in [0.1, 0.15) is 5.82 Å². The van der Waals surface area contributed by atoms with Crippen LogP contribution in [-0.4, -0.2) is 30.3 Å². The summed E-state index contributed by atoms with van der Waals surface area (Å²) in [6, 6.07) is 4.61. The van der Waals surface area contributed by atoms with E-state index in [1.807, 2.05) is 11.8 Å². The summed E-state index contributed by atoms with van der Waals surface area (Å²) in [7, 11) is 0. The maximum Gasteiger partial charge on any atom is 0.127 e. The highest BCUT2D eigenvalue weighted by atomic mass is 35.5. The molecule has 18 heavy (non-hydrogen) atoms. The van der Waals surface area contributed by atoms with Gasteiger partial charge in [0.25, 0.3) is 0 Å². The van der Waals surface area contributed by atoms with Gasteiger partial charge in [-0.25, -0.2) is 4.39 Å². The van der Waals surface area contributed by atoms with Crippen LogP contribution < -0.4 is 11.3 Å². The van der Waals surface area contributed by atoms with E-state index >= 15 is 0 Å². The molecule has 3 nitrogen and oxygen atoms in total. The Morgan fingerprint density at radius 3 is 3.06 bits per heavy atom. The first kappa shape index (κ1) is 14.1. The predicted molar refractivity (Wildman–Crippen MR) is 73.3 cm³/mol. The Morgan fingerprint density at radius 2 is 2.44 bits per heavy atom. The van der Waals surface area contributed by atoms with Gasteiger partial charge in [0.05, 0.1) is 18.8 Å². The largest absolute Gasteiger partial charge is 0.375 e. The average Bonchev–Trinajstić information content (AvgIpc) is 2.39. The van der Waals surface area contributed by atoms with E-state index in [9.17, 15) is 4.39 Å². The van der Waals surface area contributed by atoms with E-state index in [4.69, 9.17) is 22.2 Å². The Bertz CT molecular complexity index is 402. The third-order valence-electron chi connectivity index (χ3n) is 2.96. The highest BCUT2D eigenvalue weighted by Crippen LogP contribution is 2.20. The molecule has 6 heteroatoms. The normalized spacial score (nSPS) is 21.8. The van der Waals surface area contributed by atoms with Crippen molar-refractivity contribution >= 4 is 23.4 Å². The van der Waals surface area contributed by atoms with E-state index in [1.54, 1.807) is 12.1 Å². The summed E-state index contributed by atoms with van der Waals surface area (Å²) < 4.78 is 19.4. The van der Waals surface area contributed by atoms with Crippen molar-refractivity contribution in [3.05, 3.63) is 34.6 Å². The molecule has 0 amide bonds. The minimum atomic E-state index is -0.300. The van der Waals surface area contributed by atoms with Crippen LogP contribution in [0, 0.1) is 5.82 Å². The van der Waals surface area contributed by atoms with E-state index < -0.39 is 0 Å². The van der Waals surface area contributed by atoms with Crippen molar-refractivity contribution in [1.82, 2.24) is 5.43 Å². The van der Waals surface area contributed by atoms with Gasteiger partial charge in [0, 0.05) is 16.5 Å². The highest BCUT2D eigenvalue weighted by molar-refractivity contribution is 7.99. The van der Waals surface area contributed by atoms with Gasteiger partial charge < -0.3 is 4.74 Å². The molecule has 0 spiro atoms. The Labute approximate surface area is 115 Å². The van der Waals surface area contributed by atoms with Crippen molar-refractivity contribution in [1.29, 1.82) is 0 Å². The van der Waals surface area contributed by atoms with Gasteiger partial charge in [0.15, 0.2) is 0 Å². The van der Waals surface area contributed by atoms with Crippen LogP contribution in [0.15, 0.2) is 18.2 Å². The number of thioether (sulfide) groups is 1. The van der Waals surface area contributed by atoms with Crippen LogP contribution in [0.25, 0.3) is 0 Å². The summed E-state index contributed by atoms with van der Waals surface area (Å²) in [6.07, 6.45) is 0.508. The summed E-state index contributed by atoms with van der Waals surface area (Å²) in [6.45, 7) is 0.719. The molecule has 0 bridgehead atoms. The van der Waals surface area contributed by atoms with Crippen molar-refractivity contribution in [3.63, 3.8) is 0 Å². The number of benzene rings is 1. The van der Waals surface area contributed by atoms with Crippen molar-refractivity contribution in [2.24, 2.45) is 5.84 Å². The lowest BCUT2D eigenvalue weighted by Crippen LogP contribution is -2.49. The van der Waals surface area contributed by atoms with Gasteiger partial charge in [-0.1, -0.05) is 17.7 Å². The summed E-state index contributed by atoms with van der Waals surface area (Å²) >= 11 is 7.56. The second-order valence-corrected chi connectivity index (χ2v) is 5.78. The molecule has 2 rings (SSSR count).